The average molecular weight is 407 g/mol. The van der Waals surface area contributed by atoms with Gasteiger partial charge >= 0.3 is 0 Å². The van der Waals surface area contributed by atoms with Gasteiger partial charge in [-0.1, -0.05) is 65.8 Å². The van der Waals surface area contributed by atoms with Gasteiger partial charge in [0.1, 0.15) is 0 Å². The van der Waals surface area contributed by atoms with Crippen LogP contribution in [0.25, 0.3) is 11.8 Å². The lowest BCUT2D eigenvalue weighted by Crippen LogP contribution is -1.91. The highest BCUT2D eigenvalue weighted by molar-refractivity contribution is 8.93. The number of nitrogens with one attached hydrogen (secondary N) is 1. The lowest BCUT2D eigenvalue weighted by Gasteiger charge is -2.00. The molecular formula is C17H13BrClN3S. The summed E-state index contributed by atoms with van der Waals surface area (Å²) in [6.45, 7) is 0. The Bertz CT molecular complexity index is 783. The molecule has 3 nitrogen and oxygen atoms in total. The van der Waals surface area contributed by atoms with Gasteiger partial charge in [0.25, 0.3) is 0 Å². The van der Waals surface area contributed by atoms with Crippen LogP contribution in [0.5, 0.6) is 0 Å². The highest BCUT2D eigenvalue weighted by Gasteiger charge is 2.11. The summed E-state index contributed by atoms with van der Waals surface area (Å²) in [4.78, 5) is 0.747. The maximum atomic E-state index is 8.02. The Morgan fingerprint density at radius 2 is 1.65 bits per heavy atom. The Hall–Kier alpha value is -1.69. The Morgan fingerprint density at radius 1 is 0.957 bits per heavy atom. The molecule has 0 unspecified atom stereocenters. The van der Waals surface area contributed by atoms with Crippen LogP contribution < -0.4 is 0 Å². The molecule has 6 heteroatoms. The Morgan fingerprint density at radius 3 is 2.35 bits per heavy atom. The lowest BCUT2D eigenvalue weighted by molar-refractivity contribution is 1.26. The Balaban J connectivity index is 0.00000192. The van der Waals surface area contributed by atoms with E-state index in [1.807, 2.05) is 66.1 Å². The van der Waals surface area contributed by atoms with Crippen LogP contribution in [0.15, 0.2) is 75.1 Å². The number of azo groups is 1. The predicted octanol–water partition coefficient (Wildman–Crippen LogP) is 6.43. The van der Waals surface area contributed by atoms with Gasteiger partial charge in [-0.3, -0.25) is 5.41 Å². The quantitative estimate of drug-likeness (QED) is 0.613. The highest BCUT2D eigenvalue weighted by Crippen LogP contribution is 2.31. The normalized spacial score (nSPS) is 15.8. The number of rotatable bonds is 2. The van der Waals surface area contributed by atoms with Crippen LogP contribution in [0.4, 0.5) is 0 Å². The zero-order chi connectivity index (χ0) is 15.4. The second kappa shape index (κ2) is 8.24. The van der Waals surface area contributed by atoms with Gasteiger partial charge in [-0.05, 0) is 23.8 Å². The highest BCUT2D eigenvalue weighted by atomic mass is 79.9. The van der Waals surface area contributed by atoms with E-state index in [0.717, 1.165) is 21.7 Å². The van der Waals surface area contributed by atoms with Gasteiger partial charge in [0, 0.05) is 16.0 Å². The van der Waals surface area contributed by atoms with Crippen molar-refractivity contribution in [2.24, 2.45) is 10.2 Å². The topological polar surface area (TPSA) is 48.6 Å². The predicted molar refractivity (Wildman–Crippen MR) is 104 cm³/mol. The number of halogens is 2. The third kappa shape index (κ3) is 4.64. The minimum Gasteiger partial charge on any atom is -0.280 e. The zero-order valence-corrected chi connectivity index (χ0v) is 15.2. The first-order valence-corrected chi connectivity index (χ1v) is 7.88. The van der Waals surface area contributed by atoms with E-state index in [-0.39, 0.29) is 22.8 Å². The van der Waals surface area contributed by atoms with E-state index in [1.165, 1.54) is 11.8 Å². The van der Waals surface area contributed by atoms with E-state index in [2.05, 4.69) is 10.2 Å². The summed E-state index contributed by atoms with van der Waals surface area (Å²) in [5.74, 6) is 0.155. The van der Waals surface area contributed by atoms with Gasteiger partial charge in [-0.2, -0.15) is 0 Å². The first-order chi connectivity index (χ1) is 10.7. The number of nitrogens with zero attached hydrogens (tertiary/aromatic N) is 2. The fourth-order valence-corrected chi connectivity index (χ4v) is 2.80. The minimum atomic E-state index is 0. The van der Waals surface area contributed by atoms with Crippen molar-refractivity contribution in [2.45, 2.75) is 0 Å². The fourth-order valence-electron chi connectivity index (χ4n) is 1.90. The molecular weight excluding hydrogens is 394 g/mol. The van der Waals surface area contributed by atoms with E-state index >= 15 is 0 Å². The molecule has 0 aromatic heterocycles. The van der Waals surface area contributed by atoms with Crippen LogP contribution in [0.2, 0.25) is 5.02 Å². The molecule has 116 valence electrons. The Labute approximate surface area is 154 Å². The largest absolute Gasteiger partial charge is 0.280 e. The number of hydrogen-bond donors (Lipinski definition) is 1. The van der Waals surface area contributed by atoms with Gasteiger partial charge in [-0.15, -0.1) is 27.2 Å². The second-order valence-corrected chi connectivity index (χ2v) is 5.94. The van der Waals surface area contributed by atoms with Crippen LogP contribution in [0.3, 0.4) is 0 Å². The van der Waals surface area contributed by atoms with Gasteiger partial charge in [0.15, 0.2) is 5.84 Å². The molecule has 0 amide bonds. The summed E-state index contributed by atoms with van der Waals surface area (Å²) in [5.41, 5.74) is 2.72. The first-order valence-electron chi connectivity index (χ1n) is 6.62. The minimum absolute atomic E-state index is 0. The molecule has 0 bridgehead atoms. The third-order valence-corrected chi connectivity index (χ3v) is 4.18. The van der Waals surface area contributed by atoms with E-state index < -0.39 is 0 Å². The van der Waals surface area contributed by atoms with Gasteiger partial charge in [-0.25, -0.2) is 0 Å². The summed E-state index contributed by atoms with van der Waals surface area (Å²) in [5, 5.41) is 18.8. The van der Waals surface area contributed by atoms with Crippen molar-refractivity contribution in [3.05, 3.63) is 81.1 Å². The Kier molecular flexibility index (Phi) is 6.33. The van der Waals surface area contributed by atoms with Crippen molar-refractivity contribution < 1.29 is 0 Å². The van der Waals surface area contributed by atoms with Crippen LogP contribution in [-0.4, -0.2) is 5.84 Å². The van der Waals surface area contributed by atoms with Crippen molar-refractivity contribution >= 4 is 58.0 Å². The van der Waals surface area contributed by atoms with Crippen molar-refractivity contribution in [3.8, 4) is 0 Å². The molecule has 23 heavy (non-hydrogen) atoms. The van der Waals surface area contributed by atoms with Crippen molar-refractivity contribution in [2.75, 3.05) is 0 Å². The van der Waals surface area contributed by atoms with Crippen LogP contribution >= 0.6 is 40.3 Å². The monoisotopic (exact) mass is 405 g/mol. The average Bonchev–Trinajstić information content (AvgIpc) is 2.73. The molecule has 0 spiro atoms. The van der Waals surface area contributed by atoms with Crippen LogP contribution in [-0.2, 0) is 0 Å². The van der Waals surface area contributed by atoms with E-state index in [1.54, 1.807) is 0 Å². The van der Waals surface area contributed by atoms with Crippen LogP contribution in [0, 0.1) is 5.41 Å². The molecule has 2 aromatic carbocycles. The summed E-state index contributed by atoms with van der Waals surface area (Å²) >= 11 is 7.33. The van der Waals surface area contributed by atoms with Crippen molar-refractivity contribution in [1.82, 2.24) is 0 Å². The molecule has 0 radical (unpaired) electrons. The van der Waals surface area contributed by atoms with E-state index in [4.69, 9.17) is 17.0 Å². The summed E-state index contributed by atoms with van der Waals surface area (Å²) in [6, 6.07) is 17.3. The molecule has 2 aromatic rings. The molecule has 0 aliphatic carbocycles. The molecule has 0 atom stereocenters. The smallest absolute Gasteiger partial charge is 0.181 e. The molecule has 1 N–H and O–H groups in total. The maximum absolute atomic E-state index is 8.02. The lowest BCUT2D eigenvalue weighted by atomic mass is 10.2. The third-order valence-electron chi connectivity index (χ3n) is 3.03. The zero-order valence-electron chi connectivity index (χ0n) is 11.9. The second-order valence-electron chi connectivity index (χ2n) is 4.60. The SMILES string of the molecule is Br.N=C1N=NC(c2ccccc2)=CSC1=Cc1ccc(Cl)cc1. The molecule has 1 aliphatic heterocycles. The number of benzene rings is 2. The summed E-state index contributed by atoms with van der Waals surface area (Å²) < 4.78 is 0. The summed E-state index contributed by atoms with van der Waals surface area (Å²) in [7, 11) is 0. The molecule has 1 heterocycles. The van der Waals surface area contributed by atoms with Gasteiger partial charge < -0.3 is 0 Å². The van der Waals surface area contributed by atoms with Crippen molar-refractivity contribution in [3.63, 3.8) is 0 Å². The van der Waals surface area contributed by atoms with Gasteiger partial charge in [0.05, 0.1) is 10.6 Å². The maximum Gasteiger partial charge on any atom is 0.181 e. The van der Waals surface area contributed by atoms with Crippen molar-refractivity contribution in [1.29, 1.82) is 5.41 Å². The van der Waals surface area contributed by atoms with E-state index in [0.29, 0.717) is 5.02 Å². The number of thioether (sulfide) groups is 1. The standard InChI is InChI=1S/C17H12ClN3S.BrH/c18-14-8-6-12(7-9-14)10-16-17(19)21-20-15(11-22-16)13-4-2-1-3-5-13;/h1-11,19H;1H. The van der Waals surface area contributed by atoms with E-state index in [9.17, 15) is 0 Å². The summed E-state index contributed by atoms with van der Waals surface area (Å²) in [6.07, 6.45) is 1.91. The number of hydrogen-bond acceptors (Lipinski definition) is 3. The molecule has 0 fully saturated rings. The number of amidine groups is 1. The van der Waals surface area contributed by atoms with Crippen LogP contribution in [0.1, 0.15) is 11.1 Å². The first kappa shape index (κ1) is 17.7. The molecule has 0 saturated heterocycles. The molecule has 3 rings (SSSR count). The van der Waals surface area contributed by atoms with Gasteiger partial charge in [0.2, 0.25) is 0 Å². The molecule has 1 aliphatic rings. The fraction of sp³-hybridized carbons (Fsp3) is 0. The molecule has 0 saturated carbocycles.